The highest BCUT2D eigenvalue weighted by Crippen LogP contribution is 2.59. The van der Waals surface area contributed by atoms with E-state index < -0.39 is 35.7 Å². The fourth-order valence-electron chi connectivity index (χ4n) is 6.71. The number of para-hydroxylation sites is 1. The fraction of sp³-hybridized carbons (Fsp3) is 0.257. The molecule has 0 saturated carbocycles. The summed E-state index contributed by atoms with van der Waals surface area (Å²) in [5, 5.41) is 9.46. The number of amides is 2. The molecule has 46 heavy (non-hydrogen) atoms. The molecule has 0 saturated heterocycles. The largest absolute Gasteiger partial charge is 0.469 e. The molecule has 8 rings (SSSR count). The number of alkyl carbamates (subject to hydrolysis) is 1. The van der Waals surface area contributed by atoms with Crippen molar-refractivity contribution in [2.45, 2.75) is 50.6 Å². The Morgan fingerprint density at radius 2 is 1.89 bits per heavy atom. The lowest BCUT2D eigenvalue weighted by molar-refractivity contribution is -0.124. The maximum absolute atomic E-state index is 14.0. The van der Waals surface area contributed by atoms with E-state index in [0.717, 1.165) is 27.9 Å². The van der Waals surface area contributed by atoms with Gasteiger partial charge in [0, 0.05) is 17.7 Å². The van der Waals surface area contributed by atoms with E-state index in [1.165, 1.54) is 6.39 Å². The van der Waals surface area contributed by atoms with E-state index in [4.69, 9.17) is 23.3 Å². The van der Waals surface area contributed by atoms with Crippen LogP contribution in [0.1, 0.15) is 53.8 Å². The normalized spacial score (nSPS) is 22.4. The third-order valence-electron chi connectivity index (χ3n) is 8.90. The van der Waals surface area contributed by atoms with Gasteiger partial charge in [-0.1, -0.05) is 74.5 Å². The van der Waals surface area contributed by atoms with Crippen molar-refractivity contribution in [1.82, 2.24) is 20.6 Å². The van der Waals surface area contributed by atoms with Crippen molar-refractivity contribution in [3.63, 3.8) is 0 Å². The molecule has 4 bridgehead atoms. The lowest BCUT2D eigenvalue weighted by atomic mass is 9.72. The smallest absolute Gasteiger partial charge is 0.408 e. The Hall–Kier alpha value is -5.58. The summed E-state index contributed by atoms with van der Waals surface area (Å²) in [7, 11) is 0. The number of anilines is 1. The monoisotopic (exact) mass is 617 g/mol. The van der Waals surface area contributed by atoms with Crippen LogP contribution in [0.2, 0.25) is 0 Å². The second kappa shape index (κ2) is 10.8. The van der Waals surface area contributed by atoms with Crippen LogP contribution in [0.5, 0.6) is 5.75 Å². The number of ether oxygens (including phenoxy) is 2. The molecule has 3 aromatic carbocycles. The summed E-state index contributed by atoms with van der Waals surface area (Å²) >= 11 is 0. The van der Waals surface area contributed by atoms with E-state index in [2.05, 4.69) is 27.0 Å². The molecule has 0 radical (unpaired) electrons. The molecule has 2 amide bonds. The predicted molar refractivity (Wildman–Crippen MR) is 166 cm³/mol. The number of fused-ring (bicyclic) bond motifs is 4. The van der Waals surface area contributed by atoms with E-state index in [0.29, 0.717) is 28.9 Å². The molecule has 5 heterocycles. The van der Waals surface area contributed by atoms with Gasteiger partial charge in [0.2, 0.25) is 11.8 Å². The first-order valence-electron chi connectivity index (χ1n) is 15.3. The van der Waals surface area contributed by atoms with Crippen molar-refractivity contribution in [3.05, 3.63) is 119 Å². The van der Waals surface area contributed by atoms with Gasteiger partial charge in [0.25, 0.3) is 0 Å². The number of carbonyl (C=O) groups is 2. The number of hydrogen-bond donors (Lipinski definition) is 3. The van der Waals surface area contributed by atoms with Gasteiger partial charge >= 0.3 is 6.09 Å². The summed E-state index contributed by atoms with van der Waals surface area (Å²) in [6.07, 6.45) is 1.92. The van der Waals surface area contributed by atoms with E-state index >= 15 is 0 Å². The van der Waals surface area contributed by atoms with Crippen LogP contribution in [0.25, 0.3) is 11.5 Å². The van der Waals surface area contributed by atoms with Gasteiger partial charge in [-0.15, -0.1) is 0 Å². The summed E-state index contributed by atoms with van der Waals surface area (Å²) < 4.78 is 24.6. The van der Waals surface area contributed by atoms with Crippen molar-refractivity contribution >= 4 is 17.7 Å². The topological polar surface area (TPSA) is 141 Å². The molecule has 0 fully saturated rings. The van der Waals surface area contributed by atoms with Crippen molar-refractivity contribution in [2.24, 2.45) is 5.92 Å². The molecular weight excluding hydrogens is 586 g/mol. The van der Waals surface area contributed by atoms with Crippen LogP contribution in [0.15, 0.2) is 94.2 Å². The lowest BCUT2D eigenvalue weighted by Gasteiger charge is -2.28. The van der Waals surface area contributed by atoms with E-state index in [-0.39, 0.29) is 18.9 Å². The number of aromatic nitrogens is 2. The molecule has 3 N–H and O–H groups in total. The summed E-state index contributed by atoms with van der Waals surface area (Å²) in [5.41, 5.74) is 3.90. The van der Waals surface area contributed by atoms with Gasteiger partial charge in [-0.3, -0.25) is 4.79 Å². The number of benzene rings is 3. The minimum absolute atomic E-state index is 0.0750. The van der Waals surface area contributed by atoms with Gasteiger partial charge in [0.1, 0.15) is 29.9 Å². The standard InChI is InChI=1S/C35H31N5O6/c1-19(2)28-32-40-29(27-16-36-18-44-27)30(46-32)35-22-10-6-7-11-24(22)37-33(35)45-26-13-12-21(14-23(26)35)15-25(31(41)39-28)38-34(42)43-17-20-8-4-3-5-9-20/h3-14,16,18-19,25,28,33,37H,15,17H2,1-2H3,(H,38,42)(H,39,41)/t25-,28-,33?,35?/m0/s1. The van der Waals surface area contributed by atoms with Gasteiger partial charge < -0.3 is 34.3 Å². The minimum atomic E-state index is -0.951. The second-order valence-corrected chi connectivity index (χ2v) is 12.1. The highest BCUT2D eigenvalue weighted by atomic mass is 16.5. The summed E-state index contributed by atoms with van der Waals surface area (Å²) in [6, 6.07) is 21.6. The maximum atomic E-state index is 14.0. The van der Waals surface area contributed by atoms with Crippen LogP contribution in [-0.2, 0) is 28.0 Å². The van der Waals surface area contributed by atoms with Gasteiger partial charge in [-0.2, -0.15) is 0 Å². The van der Waals surface area contributed by atoms with Crippen molar-refractivity contribution in [1.29, 1.82) is 0 Å². The number of hydrogen-bond acceptors (Lipinski definition) is 9. The van der Waals surface area contributed by atoms with Crippen LogP contribution in [-0.4, -0.2) is 34.2 Å². The summed E-state index contributed by atoms with van der Waals surface area (Å²) in [5.74, 6) is 1.41. The molecule has 232 valence electrons. The second-order valence-electron chi connectivity index (χ2n) is 12.1. The molecule has 2 aromatic heterocycles. The summed E-state index contributed by atoms with van der Waals surface area (Å²) in [6.45, 7) is 4.02. The number of carbonyl (C=O) groups excluding carboxylic acids is 2. The van der Waals surface area contributed by atoms with Gasteiger partial charge in [0.05, 0.1) is 6.20 Å². The molecule has 5 aromatic rings. The van der Waals surface area contributed by atoms with Crippen LogP contribution in [0.4, 0.5) is 10.5 Å². The SMILES string of the molecule is CC(C)[C@@H]1NC(=O)[C@@H](NC(=O)OCc2ccccc2)Cc2ccc3c(c2)C2(c4ccccc4NC2O3)c2oc1nc2-c1cnco1. The maximum Gasteiger partial charge on any atom is 0.408 e. The van der Waals surface area contributed by atoms with E-state index in [9.17, 15) is 9.59 Å². The molecular formula is C35H31N5O6. The van der Waals surface area contributed by atoms with Crippen molar-refractivity contribution < 1.29 is 27.9 Å². The molecule has 0 aliphatic carbocycles. The van der Waals surface area contributed by atoms with Gasteiger partial charge in [0.15, 0.2) is 29.8 Å². The zero-order valence-corrected chi connectivity index (χ0v) is 25.2. The van der Waals surface area contributed by atoms with Crippen molar-refractivity contribution in [3.8, 4) is 17.2 Å². The Morgan fingerprint density at radius 1 is 1.07 bits per heavy atom. The van der Waals surface area contributed by atoms with Crippen LogP contribution in [0, 0.1) is 5.92 Å². The average molecular weight is 618 g/mol. The number of nitrogens with zero attached hydrogens (tertiary/aromatic N) is 2. The molecule has 11 heteroatoms. The van der Waals surface area contributed by atoms with Gasteiger partial charge in [-0.25, -0.2) is 14.8 Å². The van der Waals surface area contributed by atoms with E-state index in [1.54, 1.807) is 6.20 Å². The molecule has 1 spiro atoms. The predicted octanol–water partition coefficient (Wildman–Crippen LogP) is 5.47. The average Bonchev–Trinajstić information content (AvgIpc) is 3.85. The number of rotatable bonds is 5. The Morgan fingerprint density at radius 3 is 2.70 bits per heavy atom. The quantitative estimate of drug-likeness (QED) is 0.234. The molecule has 3 aliphatic rings. The first-order chi connectivity index (χ1) is 22.4. The highest BCUT2D eigenvalue weighted by Gasteiger charge is 2.61. The third-order valence-corrected chi connectivity index (χ3v) is 8.90. The van der Waals surface area contributed by atoms with E-state index in [1.807, 2.05) is 80.6 Å². The number of oxazole rings is 2. The first kappa shape index (κ1) is 27.9. The Kier molecular flexibility index (Phi) is 6.55. The van der Waals surface area contributed by atoms with Gasteiger partial charge in [-0.05, 0) is 34.7 Å². The zero-order chi connectivity index (χ0) is 31.4. The van der Waals surface area contributed by atoms with Crippen LogP contribution in [0.3, 0.4) is 0 Å². The summed E-state index contributed by atoms with van der Waals surface area (Å²) in [4.78, 5) is 36.1. The van der Waals surface area contributed by atoms with Crippen LogP contribution >= 0.6 is 0 Å². The van der Waals surface area contributed by atoms with Crippen molar-refractivity contribution in [2.75, 3.05) is 5.32 Å². The number of nitrogens with one attached hydrogen (secondary N) is 3. The molecule has 2 unspecified atom stereocenters. The lowest BCUT2D eigenvalue weighted by Crippen LogP contribution is -2.49. The fourth-order valence-corrected chi connectivity index (χ4v) is 6.71. The Labute approximate surface area is 264 Å². The highest BCUT2D eigenvalue weighted by molar-refractivity contribution is 5.86. The third kappa shape index (κ3) is 4.41. The molecule has 11 nitrogen and oxygen atoms in total. The minimum Gasteiger partial charge on any atom is -0.469 e. The zero-order valence-electron chi connectivity index (χ0n) is 25.2. The first-order valence-corrected chi connectivity index (χ1v) is 15.3. The molecule has 3 aliphatic heterocycles. The Bertz CT molecular complexity index is 1940. The molecule has 4 atom stereocenters. The Balaban J connectivity index is 1.27. The van der Waals surface area contributed by atoms with Crippen LogP contribution < -0.4 is 20.7 Å².